The quantitative estimate of drug-likeness (QED) is 0.452. The fourth-order valence-electron chi connectivity index (χ4n) is 2.78. The van der Waals surface area contributed by atoms with Gasteiger partial charge >= 0.3 is 5.97 Å². The molecule has 0 atom stereocenters. The maximum absolute atomic E-state index is 12.7. The second-order valence-corrected chi connectivity index (χ2v) is 6.11. The van der Waals surface area contributed by atoms with E-state index in [0.717, 1.165) is 10.5 Å². The van der Waals surface area contributed by atoms with Crippen LogP contribution in [0.5, 0.6) is 0 Å². The minimum atomic E-state index is -0.752. The minimum Gasteiger partial charge on any atom is -0.452 e. The Morgan fingerprint density at radius 3 is 2.46 bits per heavy atom. The van der Waals surface area contributed by atoms with Crippen molar-refractivity contribution in [3.8, 4) is 0 Å². The van der Waals surface area contributed by atoms with E-state index >= 15 is 0 Å². The number of hydrogen-bond acceptors (Lipinski definition) is 5. The fraction of sp³-hybridized carbons (Fsp3) is 0.143. The number of carbonyl (C=O) groups excluding carboxylic acids is 4. The molecule has 2 aromatic carbocycles. The lowest BCUT2D eigenvalue weighted by atomic mass is 10.1. The zero-order chi connectivity index (χ0) is 20.1. The van der Waals surface area contributed by atoms with Crippen molar-refractivity contribution in [1.29, 1.82) is 0 Å². The number of fused-ring (bicyclic) bond motifs is 1. The molecule has 2 aromatic rings. The summed E-state index contributed by atoms with van der Waals surface area (Å²) in [4.78, 5) is 50.0. The molecular weight excluding hydrogens is 360 g/mol. The van der Waals surface area contributed by atoms with Crippen LogP contribution < -0.4 is 5.32 Å². The first-order valence-corrected chi connectivity index (χ1v) is 8.60. The number of benzene rings is 2. The van der Waals surface area contributed by atoms with E-state index in [4.69, 9.17) is 4.74 Å². The second kappa shape index (κ2) is 8.30. The standard InChI is InChI=1S/C21H18N2O5/c1-2-10-22-18(24)13-28-21(27)15-8-9-16-17(11-15)20(26)23(19(16)25)12-14-6-4-3-5-7-14/h2-9,11H,1,10,12-13H2,(H,22,24). The van der Waals surface area contributed by atoms with Crippen molar-refractivity contribution in [3.05, 3.63) is 83.4 Å². The summed E-state index contributed by atoms with van der Waals surface area (Å²) in [6.45, 7) is 3.44. The third kappa shape index (κ3) is 3.98. The highest BCUT2D eigenvalue weighted by atomic mass is 16.5. The zero-order valence-electron chi connectivity index (χ0n) is 15.0. The van der Waals surface area contributed by atoms with Crippen LogP contribution in [0.1, 0.15) is 36.6 Å². The van der Waals surface area contributed by atoms with Gasteiger partial charge < -0.3 is 10.1 Å². The molecule has 1 aliphatic heterocycles. The zero-order valence-corrected chi connectivity index (χ0v) is 15.0. The molecule has 0 aliphatic carbocycles. The van der Waals surface area contributed by atoms with Gasteiger partial charge in [0.1, 0.15) is 0 Å². The number of carbonyl (C=O) groups is 4. The average molecular weight is 378 g/mol. The highest BCUT2D eigenvalue weighted by molar-refractivity contribution is 6.21. The number of rotatable bonds is 7. The maximum atomic E-state index is 12.7. The number of hydrogen-bond donors (Lipinski definition) is 1. The van der Waals surface area contributed by atoms with Gasteiger partial charge in [-0.15, -0.1) is 6.58 Å². The minimum absolute atomic E-state index is 0.0954. The van der Waals surface area contributed by atoms with Crippen LogP contribution in [-0.4, -0.2) is 41.7 Å². The van der Waals surface area contributed by atoms with Gasteiger partial charge in [0.25, 0.3) is 17.7 Å². The van der Waals surface area contributed by atoms with Gasteiger partial charge in [0.05, 0.1) is 23.2 Å². The molecule has 0 unspecified atom stereocenters. The maximum Gasteiger partial charge on any atom is 0.338 e. The topological polar surface area (TPSA) is 92.8 Å². The normalized spacial score (nSPS) is 12.5. The van der Waals surface area contributed by atoms with Crippen molar-refractivity contribution in [2.75, 3.05) is 13.2 Å². The number of amides is 3. The molecule has 28 heavy (non-hydrogen) atoms. The molecule has 7 heteroatoms. The number of ether oxygens (including phenoxy) is 1. The summed E-state index contributed by atoms with van der Waals surface area (Å²) in [5, 5.41) is 2.48. The van der Waals surface area contributed by atoms with Gasteiger partial charge in [0.15, 0.2) is 6.61 Å². The van der Waals surface area contributed by atoms with Crippen molar-refractivity contribution in [2.24, 2.45) is 0 Å². The predicted molar refractivity (Wildman–Crippen MR) is 101 cm³/mol. The molecule has 1 N–H and O–H groups in total. The van der Waals surface area contributed by atoms with E-state index in [1.807, 2.05) is 30.3 Å². The van der Waals surface area contributed by atoms with Gasteiger partial charge in [0, 0.05) is 6.54 Å². The number of nitrogens with one attached hydrogen (secondary N) is 1. The van der Waals surface area contributed by atoms with Crippen LogP contribution in [0.4, 0.5) is 0 Å². The first-order valence-electron chi connectivity index (χ1n) is 8.60. The molecule has 0 spiro atoms. The van der Waals surface area contributed by atoms with E-state index in [9.17, 15) is 19.2 Å². The van der Waals surface area contributed by atoms with Crippen LogP contribution in [0.2, 0.25) is 0 Å². The Morgan fingerprint density at radius 1 is 1.04 bits per heavy atom. The summed E-state index contributed by atoms with van der Waals surface area (Å²) in [7, 11) is 0. The average Bonchev–Trinajstić information content (AvgIpc) is 2.95. The van der Waals surface area contributed by atoms with Crippen LogP contribution in [0.25, 0.3) is 0 Å². The lowest BCUT2D eigenvalue weighted by Crippen LogP contribution is -2.29. The van der Waals surface area contributed by atoms with Gasteiger partial charge in [-0.3, -0.25) is 19.3 Å². The lowest BCUT2D eigenvalue weighted by Gasteiger charge is -2.13. The first-order chi connectivity index (χ1) is 13.5. The van der Waals surface area contributed by atoms with Crippen molar-refractivity contribution in [1.82, 2.24) is 10.2 Å². The summed E-state index contributed by atoms with van der Waals surface area (Å²) in [6.07, 6.45) is 1.50. The van der Waals surface area contributed by atoms with Crippen molar-refractivity contribution in [2.45, 2.75) is 6.54 Å². The molecular formula is C21H18N2O5. The van der Waals surface area contributed by atoms with Crippen LogP contribution in [0, 0.1) is 0 Å². The third-order valence-corrected chi connectivity index (χ3v) is 4.17. The molecule has 0 aromatic heterocycles. The van der Waals surface area contributed by atoms with Gasteiger partial charge in [-0.1, -0.05) is 36.4 Å². The second-order valence-electron chi connectivity index (χ2n) is 6.11. The monoisotopic (exact) mass is 378 g/mol. The van der Waals surface area contributed by atoms with Crippen LogP contribution in [0.3, 0.4) is 0 Å². The van der Waals surface area contributed by atoms with Crippen molar-refractivity contribution in [3.63, 3.8) is 0 Å². The number of imide groups is 1. The highest BCUT2D eigenvalue weighted by Gasteiger charge is 2.36. The summed E-state index contributed by atoms with van der Waals surface area (Å²) in [5.74, 6) is -2.09. The van der Waals surface area contributed by atoms with E-state index < -0.39 is 30.3 Å². The molecule has 0 bridgehead atoms. The first kappa shape index (κ1) is 19.0. The molecule has 0 fully saturated rings. The lowest BCUT2D eigenvalue weighted by molar-refractivity contribution is -0.124. The summed E-state index contributed by atoms with van der Waals surface area (Å²) >= 11 is 0. The smallest absolute Gasteiger partial charge is 0.338 e. The molecule has 1 aliphatic rings. The van der Waals surface area contributed by atoms with Crippen LogP contribution >= 0.6 is 0 Å². The van der Waals surface area contributed by atoms with Crippen LogP contribution in [-0.2, 0) is 16.1 Å². The van der Waals surface area contributed by atoms with E-state index in [1.165, 1.54) is 24.3 Å². The summed E-state index contributed by atoms with van der Waals surface area (Å²) in [6, 6.07) is 13.3. The Kier molecular flexibility index (Phi) is 5.64. The van der Waals surface area contributed by atoms with Gasteiger partial charge in [0.2, 0.25) is 0 Å². The Bertz CT molecular complexity index is 953. The molecule has 3 amide bonds. The van der Waals surface area contributed by atoms with Crippen LogP contribution in [0.15, 0.2) is 61.2 Å². The third-order valence-electron chi connectivity index (χ3n) is 4.17. The Morgan fingerprint density at radius 2 is 1.75 bits per heavy atom. The number of nitrogens with zero attached hydrogens (tertiary/aromatic N) is 1. The number of esters is 1. The molecule has 0 saturated carbocycles. The largest absolute Gasteiger partial charge is 0.452 e. The van der Waals surface area contributed by atoms with E-state index in [0.29, 0.717) is 0 Å². The summed E-state index contributed by atoms with van der Waals surface area (Å²) in [5.41, 5.74) is 1.30. The molecule has 7 nitrogen and oxygen atoms in total. The molecule has 3 rings (SSSR count). The van der Waals surface area contributed by atoms with E-state index in [-0.39, 0.29) is 29.8 Å². The van der Waals surface area contributed by atoms with Gasteiger partial charge in [-0.05, 0) is 23.8 Å². The Hall–Kier alpha value is -3.74. The van der Waals surface area contributed by atoms with E-state index in [2.05, 4.69) is 11.9 Å². The molecule has 0 saturated heterocycles. The molecule has 142 valence electrons. The Balaban J connectivity index is 1.71. The SMILES string of the molecule is C=CCNC(=O)COC(=O)c1ccc2c(c1)C(=O)N(Cc1ccccc1)C2=O. The van der Waals surface area contributed by atoms with E-state index in [1.54, 1.807) is 0 Å². The fourth-order valence-corrected chi connectivity index (χ4v) is 2.78. The predicted octanol–water partition coefficient (Wildman–Crippen LogP) is 1.94. The van der Waals surface area contributed by atoms with Gasteiger partial charge in [-0.25, -0.2) is 4.79 Å². The van der Waals surface area contributed by atoms with Gasteiger partial charge in [-0.2, -0.15) is 0 Å². The van der Waals surface area contributed by atoms with Crippen molar-refractivity contribution >= 4 is 23.7 Å². The molecule has 0 radical (unpaired) electrons. The van der Waals surface area contributed by atoms with Crippen molar-refractivity contribution < 1.29 is 23.9 Å². The summed E-state index contributed by atoms with van der Waals surface area (Å²) < 4.78 is 4.94. The Labute approximate surface area is 161 Å². The highest BCUT2D eigenvalue weighted by Crippen LogP contribution is 2.26. The molecule has 1 heterocycles.